The van der Waals surface area contributed by atoms with Crippen LogP contribution in [0.5, 0.6) is 0 Å². The molecule has 1 saturated heterocycles. The molecule has 19 heavy (non-hydrogen) atoms. The minimum atomic E-state index is -0.431. The quantitative estimate of drug-likeness (QED) is 0.598. The molecule has 0 saturated carbocycles. The van der Waals surface area contributed by atoms with Crippen LogP contribution < -0.4 is 15.5 Å². The minimum absolute atomic E-state index is 0.0262. The van der Waals surface area contributed by atoms with Gasteiger partial charge in [0.05, 0.1) is 4.92 Å². The highest BCUT2D eigenvalue weighted by atomic mass is 16.6. The maximum absolute atomic E-state index is 11.9. The Morgan fingerprint density at radius 1 is 1.53 bits per heavy atom. The van der Waals surface area contributed by atoms with Crippen molar-refractivity contribution in [3.63, 3.8) is 0 Å². The van der Waals surface area contributed by atoms with Crippen LogP contribution in [0.1, 0.15) is 0 Å². The smallest absolute Gasteiger partial charge is 0.292 e. The molecule has 102 valence electrons. The first-order valence-electron chi connectivity index (χ1n) is 6.07. The number of hydrogen-bond acceptors (Lipinski definition) is 5. The number of para-hydroxylation sites is 2. The van der Waals surface area contributed by atoms with Gasteiger partial charge in [-0.05, 0) is 6.07 Å². The number of nitrogens with zero attached hydrogens (tertiary/aromatic N) is 2. The molecule has 1 aliphatic heterocycles. The van der Waals surface area contributed by atoms with Crippen molar-refractivity contribution in [2.24, 2.45) is 0 Å². The molecule has 2 N–H and O–H groups in total. The van der Waals surface area contributed by atoms with Crippen LogP contribution in [0, 0.1) is 10.1 Å². The van der Waals surface area contributed by atoms with E-state index in [0.717, 1.165) is 0 Å². The predicted molar refractivity (Wildman–Crippen MR) is 71.2 cm³/mol. The summed E-state index contributed by atoms with van der Waals surface area (Å²) in [5.74, 6) is -0.148. The number of nitrogens with one attached hydrogen (secondary N) is 2. The van der Waals surface area contributed by atoms with Crippen LogP contribution >= 0.6 is 0 Å². The molecule has 0 bridgehead atoms. The molecule has 7 heteroatoms. The molecule has 0 spiro atoms. The summed E-state index contributed by atoms with van der Waals surface area (Å²) in [5.41, 5.74) is 0.515. The SMILES string of the molecule is CNC(=O)C1CNCCN1c1ccccc1[N+](=O)[O-]. The molecule has 1 fully saturated rings. The largest absolute Gasteiger partial charge is 0.357 e. The van der Waals surface area contributed by atoms with Gasteiger partial charge in [-0.1, -0.05) is 12.1 Å². The van der Waals surface area contributed by atoms with Gasteiger partial charge in [-0.15, -0.1) is 0 Å². The minimum Gasteiger partial charge on any atom is -0.357 e. The van der Waals surface area contributed by atoms with E-state index in [0.29, 0.717) is 25.3 Å². The molecule has 0 aromatic heterocycles. The van der Waals surface area contributed by atoms with E-state index >= 15 is 0 Å². The maximum atomic E-state index is 11.9. The van der Waals surface area contributed by atoms with Crippen LogP contribution in [0.3, 0.4) is 0 Å². The number of nitro benzene ring substituents is 1. The normalized spacial score (nSPS) is 19.0. The summed E-state index contributed by atoms with van der Waals surface area (Å²) in [5, 5.41) is 16.8. The van der Waals surface area contributed by atoms with Gasteiger partial charge in [0.1, 0.15) is 11.7 Å². The summed E-state index contributed by atoms with van der Waals surface area (Å²) in [4.78, 5) is 24.3. The second-order valence-electron chi connectivity index (χ2n) is 4.27. The zero-order valence-electron chi connectivity index (χ0n) is 10.6. The maximum Gasteiger partial charge on any atom is 0.292 e. The van der Waals surface area contributed by atoms with Crippen LogP contribution in [0.25, 0.3) is 0 Å². The van der Waals surface area contributed by atoms with Crippen LogP contribution in [0.2, 0.25) is 0 Å². The molecular weight excluding hydrogens is 248 g/mol. The average Bonchev–Trinajstić information content (AvgIpc) is 2.46. The van der Waals surface area contributed by atoms with E-state index in [9.17, 15) is 14.9 Å². The summed E-state index contributed by atoms with van der Waals surface area (Å²) >= 11 is 0. The van der Waals surface area contributed by atoms with E-state index in [-0.39, 0.29) is 11.6 Å². The second kappa shape index (κ2) is 5.66. The fraction of sp³-hybridized carbons (Fsp3) is 0.417. The molecule has 7 nitrogen and oxygen atoms in total. The van der Waals surface area contributed by atoms with Crippen molar-refractivity contribution in [2.75, 3.05) is 31.6 Å². The number of nitro groups is 1. The van der Waals surface area contributed by atoms with E-state index in [4.69, 9.17) is 0 Å². The molecule has 1 unspecified atom stereocenters. The highest BCUT2D eigenvalue weighted by Gasteiger charge is 2.31. The zero-order chi connectivity index (χ0) is 13.8. The van der Waals surface area contributed by atoms with E-state index < -0.39 is 11.0 Å². The number of benzene rings is 1. The Labute approximate surface area is 110 Å². The first-order chi connectivity index (χ1) is 9.15. The lowest BCUT2D eigenvalue weighted by Gasteiger charge is -2.36. The van der Waals surface area contributed by atoms with Crippen molar-refractivity contribution in [2.45, 2.75) is 6.04 Å². The number of piperazine rings is 1. The Balaban J connectivity index is 2.37. The van der Waals surface area contributed by atoms with Crippen LogP contribution in [0.15, 0.2) is 24.3 Å². The fourth-order valence-corrected chi connectivity index (χ4v) is 2.25. The number of carbonyl (C=O) groups is 1. The molecular formula is C12H16N4O3. The van der Waals surface area contributed by atoms with Crippen molar-refractivity contribution in [3.05, 3.63) is 34.4 Å². The van der Waals surface area contributed by atoms with Crippen LogP contribution in [-0.4, -0.2) is 43.6 Å². The molecule has 1 atom stereocenters. The van der Waals surface area contributed by atoms with Gasteiger partial charge in [0.2, 0.25) is 5.91 Å². The Morgan fingerprint density at radius 3 is 2.95 bits per heavy atom. The van der Waals surface area contributed by atoms with Gasteiger partial charge in [-0.3, -0.25) is 14.9 Å². The van der Waals surface area contributed by atoms with Crippen molar-refractivity contribution in [1.82, 2.24) is 10.6 Å². The summed E-state index contributed by atoms with van der Waals surface area (Å²) in [6, 6.07) is 6.07. The summed E-state index contributed by atoms with van der Waals surface area (Å²) < 4.78 is 0. The fourth-order valence-electron chi connectivity index (χ4n) is 2.25. The topological polar surface area (TPSA) is 87.5 Å². The highest BCUT2D eigenvalue weighted by Crippen LogP contribution is 2.29. The van der Waals surface area contributed by atoms with Crippen molar-refractivity contribution in [1.29, 1.82) is 0 Å². The standard InChI is InChI=1S/C12H16N4O3/c1-13-12(17)11-8-14-6-7-15(11)9-4-2-3-5-10(9)16(18)19/h2-5,11,14H,6-8H2,1H3,(H,13,17). The first-order valence-corrected chi connectivity index (χ1v) is 6.07. The molecule has 0 radical (unpaired) electrons. The Bertz CT molecular complexity index is 492. The third-order valence-corrected chi connectivity index (χ3v) is 3.18. The zero-order valence-corrected chi connectivity index (χ0v) is 10.6. The molecule has 0 aliphatic carbocycles. The Hall–Kier alpha value is -2.15. The van der Waals surface area contributed by atoms with Crippen LogP contribution in [0.4, 0.5) is 11.4 Å². The van der Waals surface area contributed by atoms with Gasteiger partial charge < -0.3 is 15.5 Å². The lowest BCUT2D eigenvalue weighted by Crippen LogP contribution is -2.57. The summed E-state index contributed by atoms with van der Waals surface area (Å²) in [6.07, 6.45) is 0. The summed E-state index contributed by atoms with van der Waals surface area (Å²) in [6.45, 7) is 1.73. The lowest BCUT2D eigenvalue weighted by molar-refractivity contribution is -0.384. The number of rotatable bonds is 3. The number of likely N-dealkylation sites (N-methyl/N-ethyl adjacent to an activating group) is 1. The van der Waals surface area contributed by atoms with Crippen molar-refractivity contribution in [3.8, 4) is 0 Å². The summed E-state index contributed by atoms with van der Waals surface area (Å²) in [7, 11) is 1.56. The molecule has 1 heterocycles. The van der Waals surface area contributed by atoms with Crippen molar-refractivity contribution >= 4 is 17.3 Å². The van der Waals surface area contributed by atoms with Gasteiger partial charge in [0, 0.05) is 32.7 Å². The van der Waals surface area contributed by atoms with Crippen LogP contribution in [-0.2, 0) is 4.79 Å². The third kappa shape index (κ3) is 2.65. The second-order valence-corrected chi connectivity index (χ2v) is 4.27. The number of hydrogen-bond donors (Lipinski definition) is 2. The third-order valence-electron chi connectivity index (χ3n) is 3.18. The predicted octanol–water partition coefficient (Wildman–Crippen LogP) is 0.119. The Morgan fingerprint density at radius 2 is 2.26 bits per heavy atom. The molecule has 1 amide bonds. The average molecular weight is 264 g/mol. The van der Waals surface area contributed by atoms with Crippen molar-refractivity contribution < 1.29 is 9.72 Å². The van der Waals surface area contributed by atoms with Gasteiger partial charge in [-0.2, -0.15) is 0 Å². The van der Waals surface area contributed by atoms with Gasteiger partial charge >= 0.3 is 0 Å². The van der Waals surface area contributed by atoms with Gasteiger partial charge in [-0.25, -0.2) is 0 Å². The first kappa shape index (κ1) is 13.3. The van der Waals surface area contributed by atoms with E-state index in [1.54, 1.807) is 30.1 Å². The molecule has 1 aliphatic rings. The number of amides is 1. The number of carbonyl (C=O) groups excluding carboxylic acids is 1. The lowest BCUT2D eigenvalue weighted by atomic mass is 10.1. The van der Waals surface area contributed by atoms with Gasteiger partial charge in [0.25, 0.3) is 5.69 Å². The van der Waals surface area contributed by atoms with E-state index in [1.807, 2.05) is 0 Å². The van der Waals surface area contributed by atoms with E-state index in [1.165, 1.54) is 6.07 Å². The molecule has 1 aromatic rings. The number of anilines is 1. The van der Waals surface area contributed by atoms with Gasteiger partial charge in [0.15, 0.2) is 0 Å². The monoisotopic (exact) mass is 264 g/mol. The highest BCUT2D eigenvalue weighted by molar-refractivity contribution is 5.86. The molecule has 1 aromatic carbocycles. The Kier molecular flexibility index (Phi) is 3.96. The van der Waals surface area contributed by atoms with E-state index in [2.05, 4.69) is 10.6 Å². The molecule has 2 rings (SSSR count).